The normalized spacial score (nSPS) is 13.1. The van der Waals surface area contributed by atoms with Crippen LogP contribution < -0.4 is 0 Å². The summed E-state index contributed by atoms with van der Waals surface area (Å²) in [5.74, 6) is 0. The van der Waals surface area contributed by atoms with Gasteiger partial charge in [0.15, 0.2) is 0 Å². The second kappa shape index (κ2) is 4.08. The number of hydrogen-bond donors (Lipinski definition) is 0. The van der Waals surface area contributed by atoms with Gasteiger partial charge in [0.2, 0.25) is 0 Å². The topological polar surface area (TPSA) is 0 Å². The van der Waals surface area contributed by atoms with Gasteiger partial charge in [-0.3, -0.25) is 0 Å². The molecular formula is C6H11P. The van der Waals surface area contributed by atoms with Gasteiger partial charge in [-0.25, -0.2) is 0 Å². The van der Waals surface area contributed by atoms with Crippen molar-refractivity contribution in [3.63, 3.8) is 0 Å². The monoisotopic (exact) mass is 114 g/mol. The summed E-state index contributed by atoms with van der Waals surface area (Å²) >= 11 is 0. The Labute approximate surface area is 47.1 Å². The highest BCUT2D eigenvalue weighted by Gasteiger charge is 1.74. The lowest BCUT2D eigenvalue weighted by Crippen LogP contribution is -1.54. The van der Waals surface area contributed by atoms with Gasteiger partial charge >= 0.3 is 0 Å². The predicted octanol–water partition coefficient (Wildman–Crippen LogP) is 2.38. The zero-order valence-electron chi connectivity index (χ0n) is 4.86. The molecule has 0 saturated carbocycles. The van der Waals surface area contributed by atoms with Crippen molar-refractivity contribution in [2.75, 3.05) is 6.66 Å². The third kappa shape index (κ3) is 3.75. The van der Waals surface area contributed by atoms with Crippen LogP contribution in [-0.2, 0) is 0 Å². The molecule has 0 amide bonds. The highest BCUT2D eigenvalue weighted by Crippen LogP contribution is 2.16. The first kappa shape index (κ1) is 6.91. The first-order chi connectivity index (χ1) is 3.31. The lowest BCUT2D eigenvalue weighted by Gasteiger charge is -1.86. The molecule has 0 radical (unpaired) electrons. The molecule has 0 heterocycles. The summed E-state index contributed by atoms with van der Waals surface area (Å²) in [6, 6.07) is 0. The van der Waals surface area contributed by atoms with Gasteiger partial charge in [0.05, 0.1) is 0 Å². The molecule has 0 N–H and O–H groups in total. The Morgan fingerprint density at radius 1 is 1.71 bits per heavy atom. The summed E-state index contributed by atoms with van der Waals surface area (Å²) in [7, 11) is 0.928. The van der Waals surface area contributed by atoms with E-state index in [-0.39, 0.29) is 0 Å². The van der Waals surface area contributed by atoms with Crippen molar-refractivity contribution in [3.05, 3.63) is 24.0 Å². The van der Waals surface area contributed by atoms with Crippen molar-refractivity contribution in [2.45, 2.75) is 6.92 Å². The lowest BCUT2D eigenvalue weighted by molar-refractivity contribution is 1.67. The average Bonchev–Trinajstić information content (AvgIpc) is 1.68. The van der Waals surface area contributed by atoms with Crippen LogP contribution in [0.2, 0.25) is 0 Å². The van der Waals surface area contributed by atoms with Gasteiger partial charge < -0.3 is 0 Å². The fourth-order valence-corrected chi connectivity index (χ4v) is 0.545. The maximum absolute atomic E-state index is 3.58. The molecule has 0 aromatic rings. The van der Waals surface area contributed by atoms with Crippen molar-refractivity contribution in [1.29, 1.82) is 0 Å². The van der Waals surface area contributed by atoms with Crippen molar-refractivity contribution < 1.29 is 0 Å². The van der Waals surface area contributed by atoms with E-state index < -0.39 is 0 Å². The van der Waals surface area contributed by atoms with E-state index >= 15 is 0 Å². The molecule has 40 valence electrons. The molecular weight excluding hydrogens is 103 g/mol. The van der Waals surface area contributed by atoms with Gasteiger partial charge in [-0.1, -0.05) is 32.6 Å². The van der Waals surface area contributed by atoms with Gasteiger partial charge in [0, 0.05) is 0 Å². The summed E-state index contributed by atoms with van der Waals surface area (Å²) in [4.78, 5) is 0. The molecule has 0 spiro atoms. The molecule has 0 bridgehead atoms. The highest BCUT2D eigenvalue weighted by molar-refractivity contribution is 7.42. The Kier molecular flexibility index (Phi) is 4.03. The molecule has 0 aliphatic carbocycles. The zero-order chi connectivity index (χ0) is 5.70. The predicted molar refractivity (Wildman–Crippen MR) is 38.2 cm³/mol. The molecule has 0 aromatic heterocycles. The van der Waals surface area contributed by atoms with Crippen molar-refractivity contribution >= 4 is 8.58 Å². The third-order valence-corrected chi connectivity index (χ3v) is 1.72. The minimum Gasteiger partial charge on any atom is -0.0991 e. The van der Waals surface area contributed by atoms with Gasteiger partial charge in [0.1, 0.15) is 0 Å². The van der Waals surface area contributed by atoms with E-state index in [1.54, 1.807) is 0 Å². The van der Waals surface area contributed by atoms with Gasteiger partial charge in [-0.2, -0.15) is 0 Å². The molecule has 0 nitrogen and oxygen atoms in total. The summed E-state index contributed by atoms with van der Waals surface area (Å²) in [5, 5.41) is 1.41. The van der Waals surface area contributed by atoms with Crippen LogP contribution in [0.1, 0.15) is 6.92 Å². The molecule has 0 aliphatic rings. The average molecular weight is 114 g/mol. The lowest BCUT2D eigenvalue weighted by atomic mass is 10.5. The Bertz CT molecular complexity index is 82.2. The zero-order valence-corrected chi connectivity index (χ0v) is 5.86. The van der Waals surface area contributed by atoms with E-state index in [4.69, 9.17) is 0 Å². The first-order valence-electron chi connectivity index (χ1n) is 2.28. The van der Waals surface area contributed by atoms with Crippen LogP contribution in [-0.4, -0.2) is 6.66 Å². The fraction of sp³-hybridized carbons (Fsp3) is 0.333. The molecule has 0 saturated heterocycles. The van der Waals surface area contributed by atoms with E-state index in [1.807, 2.05) is 12.2 Å². The highest BCUT2D eigenvalue weighted by atomic mass is 31.1. The minimum absolute atomic E-state index is 0.928. The standard InChI is InChI=1S/C6H11P/c1-4-5-6(2)7-3/h4-5,7H,1H2,2-3H3/b6-5+. The third-order valence-electron chi connectivity index (χ3n) is 0.762. The Hall–Kier alpha value is -0.0900. The van der Waals surface area contributed by atoms with Crippen molar-refractivity contribution in [1.82, 2.24) is 0 Å². The maximum Gasteiger partial charge on any atom is -0.0396 e. The molecule has 1 heteroatoms. The Morgan fingerprint density at radius 3 is 2.43 bits per heavy atom. The second-order valence-electron chi connectivity index (χ2n) is 1.34. The maximum atomic E-state index is 3.58. The van der Waals surface area contributed by atoms with Crippen LogP contribution in [0.5, 0.6) is 0 Å². The summed E-state index contributed by atoms with van der Waals surface area (Å²) in [5.41, 5.74) is 0. The van der Waals surface area contributed by atoms with E-state index in [0.29, 0.717) is 0 Å². The molecule has 0 aromatic carbocycles. The summed E-state index contributed by atoms with van der Waals surface area (Å²) in [6.45, 7) is 7.85. The Morgan fingerprint density at radius 2 is 2.29 bits per heavy atom. The fourth-order valence-electron chi connectivity index (χ4n) is 0.260. The first-order valence-corrected chi connectivity index (χ1v) is 3.78. The molecule has 7 heavy (non-hydrogen) atoms. The number of rotatable bonds is 2. The molecule has 1 atom stereocenters. The number of hydrogen-bond acceptors (Lipinski definition) is 0. The van der Waals surface area contributed by atoms with Crippen LogP contribution >= 0.6 is 8.58 Å². The second-order valence-corrected chi connectivity index (χ2v) is 2.62. The van der Waals surface area contributed by atoms with E-state index in [0.717, 1.165) is 8.58 Å². The van der Waals surface area contributed by atoms with Crippen LogP contribution in [0.3, 0.4) is 0 Å². The van der Waals surface area contributed by atoms with E-state index in [1.165, 1.54) is 5.31 Å². The van der Waals surface area contributed by atoms with Crippen molar-refractivity contribution in [3.8, 4) is 0 Å². The Balaban J connectivity index is 3.49. The molecule has 1 unspecified atom stereocenters. The SMILES string of the molecule is C=C/C=C(\C)PC. The molecule has 0 aliphatic heterocycles. The van der Waals surface area contributed by atoms with Gasteiger partial charge in [-0.05, 0) is 13.6 Å². The molecule has 0 rings (SSSR count). The quantitative estimate of drug-likeness (QED) is 0.382. The van der Waals surface area contributed by atoms with Gasteiger partial charge in [-0.15, -0.1) is 0 Å². The number of allylic oxidation sites excluding steroid dienone is 3. The van der Waals surface area contributed by atoms with Crippen molar-refractivity contribution in [2.24, 2.45) is 0 Å². The smallest absolute Gasteiger partial charge is 0.0396 e. The molecule has 0 fully saturated rings. The summed E-state index contributed by atoms with van der Waals surface area (Å²) < 4.78 is 0. The van der Waals surface area contributed by atoms with E-state index in [2.05, 4.69) is 20.2 Å². The minimum atomic E-state index is 0.928. The van der Waals surface area contributed by atoms with Gasteiger partial charge in [0.25, 0.3) is 0 Å². The van der Waals surface area contributed by atoms with Crippen LogP contribution in [0.25, 0.3) is 0 Å². The summed E-state index contributed by atoms with van der Waals surface area (Å²) in [6.07, 6.45) is 3.87. The van der Waals surface area contributed by atoms with Crippen LogP contribution in [0, 0.1) is 0 Å². The largest absolute Gasteiger partial charge is 0.0991 e. The van der Waals surface area contributed by atoms with Crippen LogP contribution in [0.4, 0.5) is 0 Å². The van der Waals surface area contributed by atoms with Crippen LogP contribution in [0.15, 0.2) is 24.0 Å². The van der Waals surface area contributed by atoms with E-state index in [9.17, 15) is 0 Å².